The molecule has 5 nitrogen and oxygen atoms in total. The summed E-state index contributed by atoms with van der Waals surface area (Å²) in [4.78, 5) is 17.1. The molecule has 0 saturated carbocycles. The molecule has 4 aromatic rings. The van der Waals surface area contributed by atoms with Gasteiger partial charge in [-0.1, -0.05) is 35.9 Å². The minimum atomic E-state index is -0.470. The van der Waals surface area contributed by atoms with Crippen LogP contribution in [0.25, 0.3) is 22.2 Å². The van der Waals surface area contributed by atoms with Crippen LogP contribution in [0.15, 0.2) is 57.1 Å². The maximum atomic E-state index is 12.5. The molecule has 4 rings (SSSR count). The summed E-state index contributed by atoms with van der Waals surface area (Å²) in [7, 11) is 0. The number of para-hydroxylation sites is 2. The average molecular weight is 427 g/mol. The second kappa shape index (κ2) is 7.89. The summed E-state index contributed by atoms with van der Waals surface area (Å²) >= 11 is 7.53. The third-order valence-corrected chi connectivity index (χ3v) is 5.38. The SMILES string of the molecule is Cc1cccc(OC(C)C)c1Nc1nc(-c2cc3cccc(Cl)c3oc2=O)cs1. The highest BCUT2D eigenvalue weighted by Crippen LogP contribution is 2.34. The highest BCUT2D eigenvalue weighted by molar-refractivity contribution is 7.14. The standard InChI is InChI=1S/C22H19ClN2O3S/c1-12(2)27-18-9-4-6-13(3)19(18)25-22-24-17(11-29-22)15-10-14-7-5-8-16(23)20(14)28-21(15)26/h4-12H,1-3H3,(H,24,25). The van der Waals surface area contributed by atoms with E-state index >= 15 is 0 Å². The number of aromatic nitrogens is 1. The van der Waals surface area contributed by atoms with Crippen molar-refractivity contribution < 1.29 is 9.15 Å². The molecule has 0 aliphatic carbocycles. The van der Waals surface area contributed by atoms with Crippen LogP contribution in [-0.4, -0.2) is 11.1 Å². The summed E-state index contributed by atoms with van der Waals surface area (Å²) in [5, 5.41) is 6.97. The van der Waals surface area contributed by atoms with Crippen LogP contribution in [0.3, 0.4) is 0 Å². The number of anilines is 2. The van der Waals surface area contributed by atoms with Crippen LogP contribution >= 0.6 is 22.9 Å². The number of thiazole rings is 1. The molecule has 0 fully saturated rings. The largest absolute Gasteiger partial charge is 0.489 e. The van der Waals surface area contributed by atoms with Gasteiger partial charge in [-0.3, -0.25) is 0 Å². The molecule has 0 unspecified atom stereocenters. The van der Waals surface area contributed by atoms with Crippen LogP contribution in [0, 0.1) is 6.92 Å². The highest BCUT2D eigenvalue weighted by Gasteiger charge is 2.15. The van der Waals surface area contributed by atoms with E-state index in [0.29, 0.717) is 27.0 Å². The molecule has 7 heteroatoms. The zero-order chi connectivity index (χ0) is 20.5. The lowest BCUT2D eigenvalue weighted by Crippen LogP contribution is -2.08. The van der Waals surface area contributed by atoms with E-state index < -0.39 is 5.63 Å². The summed E-state index contributed by atoms with van der Waals surface area (Å²) in [6, 6.07) is 13.0. The molecule has 0 aliphatic heterocycles. The number of ether oxygens (including phenoxy) is 1. The van der Waals surface area contributed by atoms with Crippen LogP contribution in [0.4, 0.5) is 10.8 Å². The Balaban J connectivity index is 1.69. The number of fused-ring (bicyclic) bond motifs is 1. The molecule has 0 atom stereocenters. The van der Waals surface area contributed by atoms with Gasteiger partial charge in [-0.25, -0.2) is 9.78 Å². The molecule has 0 aliphatic rings. The molecule has 0 spiro atoms. The Kier molecular flexibility index (Phi) is 5.30. The zero-order valence-corrected chi connectivity index (χ0v) is 17.7. The highest BCUT2D eigenvalue weighted by atomic mass is 35.5. The Morgan fingerprint density at radius 3 is 2.79 bits per heavy atom. The number of nitrogens with one attached hydrogen (secondary N) is 1. The van der Waals surface area contributed by atoms with Crippen molar-refractivity contribution in [2.45, 2.75) is 26.9 Å². The fourth-order valence-corrected chi connectivity index (χ4v) is 3.94. The van der Waals surface area contributed by atoms with Crippen molar-refractivity contribution in [1.29, 1.82) is 0 Å². The van der Waals surface area contributed by atoms with Gasteiger partial charge in [0, 0.05) is 10.8 Å². The van der Waals surface area contributed by atoms with Crippen LogP contribution in [0.5, 0.6) is 5.75 Å². The van der Waals surface area contributed by atoms with Gasteiger partial charge in [0.1, 0.15) is 5.75 Å². The number of halogens is 1. The maximum absolute atomic E-state index is 12.5. The predicted octanol–water partition coefficient (Wildman–Crippen LogP) is 6.41. The van der Waals surface area contributed by atoms with Gasteiger partial charge in [0.2, 0.25) is 0 Å². The Morgan fingerprint density at radius 2 is 2.00 bits per heavy atom. The first kappa shape index (κ1) is 19.5. The van der Waals surface area contributed by atoms with Gasteiger partial charge in [0.05, 0.1) is 28.1 Å². The minimum absolute atomic E-state index is 0.0539. The molecule has 0 saturated heterocycles. The van der Waals surface area contributed by atoms with Gasteiger partial charge in [0.25, 0.3) is 0 Å². The van der Waals surface area contributed by atoms with E-state index in [1.165, 1.54) is 11.3 Å². The fraction of sp³-hybridized carbons (Fsp3) is 0.182. The molecule has 2 aromatic heterocycles. The molecule has 0 amide bonds. The summed E-state index contributed by atoms with van der Waals surface area (Å²) in [5.74, 6) is 0.761. The second-order valence-electron chi connectivity index (χ2n) is 6.88. The molecule has 29 heavy (non-hydrogen) atoms. The number of hydrogen-bond donors (Lipinski definition) is 1. The lowest BCUT2D eigenvalue weighted by atomic mass is 10.1. The number of nitrogens with zero attached hydrogens (tertiary/aromatic N) is 1. The van der Waals surface area contributed by atoms with Gasteiger partial charge in [-0.15, -0.1) is 11.3 Å². The summed E-state index contributed by atoms with van der Waals surface area (Å²) in [6.45, 7) is 5.98. The summed E-state index contributed by atoms with van der Waals surface area (Å²) < 4.78 is 11.3. The van der Waals surface area contributed by atoms with Crippen molar-refractivity contribution in [1.82, 2.24) is 4.98 Å². The third kappa shape index (κ3) is 3.99. The molecule has 1 N–H and O–H groups in total. The second-order valence-corrected chi connectivity index (χ2v) is 8.15. The monoisotopic (exact) mass is 426 g/mol. The Labute approximate surface area is 176 Å². The van der Waals surface area contributed by atoms with E-state index in [9.17, 15) is 4.79 Å². The van der Waals surface area contributed by atoms with Crippen molar-refractivity contribution in [2.24, 2.45) is 0 Å². The zero-order valence-electron chi connectivity index (χ0n) is 16.2. The third-order valence-electron chi connectivity index (χ3n) is 4.32. The number of aryl methyl sites for hydroxylation is 1. The lowest BCUT2D eigenvalue weighted by molar-refractivity contribution is 0.243. The Morgan fingerprint density at radius 1 is 1.21 bits per heavy atom. The van der Waals surface area contributed by atoms with E-state index in [1.807, 2.05) is 56.5 Å². The summed E-state index contributed by atoms with van der Waals surface area (Å²) in [6.07, 6.45) is 0.0539. The van der Waals surface area contributed by atoms with Crippen molar-refractivity contribution in [3.8, 4) is 17.0 Å². The predicted molar refractivity (Wildman–Crippen MR) is 119 cm³/mol. The number of rotatable bonds is 5. The van der Waals surface area contributed by atoms with Gasteiger partial charge in [0.15, 0.2) is 10.7 Å². The van der Waals surface area contributed by atoms with Gasteiger partial charge in [-0.05, 0) is 44.5 Å². The first-order valence-corrected chi connectivity index (χ1v) is 10.4. The molecular formula is C22H19ClN2O3S. The van der Waals surface area contributed by atoms with Crippen LogP contribution in [0.1, 0.15) is 19.4 Å². The molecular weight excluding hydrogens is 408 g/mol. The summed E-state index contributed by atoms with van der Waals surface area (Å²) in [5.41, 5.74) is 2.76. The van der Waals surface area contributed by atoms with Crippen LogP contribution < -0.4 is 15.7 Å². The van der Waals surface area contributed by atoms with E-state index in [-0.39, 0.29) is 6.10 Å². The maximum Gasteiger partial charge on any atom is 0.345 e. The average Bonchev–Trinajstić information content (AvgIpc) is 3.13. The number of hydrogen-bond acceptors (Lipinski definition) is 6. The van der Waals surface area contributed by atoms with Crippen LogP contribution in [-0.2, 0) is 0 Å². The van der Waals surface area contributed by atoms with Gasteiger partial charge < -0.3 is 14.5 Å². The molecule has 0 bridgehead atoms. The van der Waals surface area contributed by atoms with E-state index in [0.717, 1.165) is 22.4 Å². The van der Waals surface area contributed by atoms with E-state index in [2.05, 4.69) is 10.3 Å². The van der Waals surface area contributed by atoms with Crippen molar-refractivity contribution >= 4 is 44.7 Å². The van der Waals surface area contributed by atoms with Crippen molar-refractivity contribution in [2.75, 3.05) is 5.32 Å². The normalized spacial score (nSPS) is 11.2. The lowest BCUT2D eigenvalue weighted by Gasteiger charge is -2.16. The Bertz CT molecular complexity index is 1250. The molecule has 2 heterocycles. The molecule has 0 radical (unpaired) electrons. The topological polar surface area (TPSA) is 64.4 Å². The minimum Gasteiger partial charge on any atom is -0.489 e. The first-order chi connectivity index (χ1) is 13.9. The quantitative estimate of drug-likeness (QED) is 0.373. The Hall–Kier alpha value is -2.83. The first-order valence-electron chi connectivity index (χ1n) is 9.14. The van der Waals surface area contributed by atoms with Gasteiger partial charge in [-0.2, -0.15) is 0 Å². The van der Waals surface area contributed by atoms with Gasteiger partial charge >= 0.3 is 5.63 Å². The van der Waals surface area contributed by atoms with Crippen LogP contribution in [0.2, 0.25) is 5.02 Å². The van der Waals surface area contributed by atoms with E-state index in [1.54, 1.807) is 12.1 Å². The molecule has 148 valence electrons. The van der Waals surface area contributed by atoms with Crippen molar-refractivity contribution in [3.63, 3.8) is 0 Å². The number of benzene rings is 2. The fourth-order valence-electron chi connectivity index (χ4n) is 3.00. The van der Waals surface area contributed by atoms with E-state index in [4.69, 9.17) is 20.8 Å². The molecule has 2 aromatic carbocycles. The smallest absolute Gasteiger partial charge is 0.345 e. The van der Waals surface area contributed by atoms with Crippen molar-refractivity contribution in [3.05, 3.63) is 68.9 Å².